The second kappa shape index (κ2) is 17.1. The standard InChI is InChI=1S/C17H22O3.C15H20O2.CH4.Al.Li.4H/c1-2-19-17(18)16-10-15(16)13-8-14(9-13)20-11-12-6-4-3-5-7-12;16-9-13-8-15(13)12-6-14(7-12)17-10-11-4-2-1-3-5-11;;;;;;;/h3-7,13-16H,2,8-11H2,1H3;1-5,12-16H,6-10H2;1H4;;;;;;/q;;;;+1;;;;-1/t13?,14?,15-,16+;12?,13-,14?,15-;;;;;;;/m11......./s1. The molecule has 4 saturated carbocycles. The number of ether oxygens (including phenoxy) is 3. The Labute approximate surface area is 265 Å². The summed E-state index contributed by atoms with van der Waals surface area (Å²) in [6.45, 7) is 4.19. The quantitative estimate of drug-likeness (QED) is 0.338. The number of aliphatic hydroxyl groups is 1. The van der Waals surface area contributed by atoms with Gasteiger partial charge in [-0.1, -0.05) is 68.1 Å². The van der Waals surface area contributed by atoms with Crippen molar-refractivity contribution in [1.29, 1.82) is 0 Å². The first-order chi connectivity index (χ1) is 18.1. The zero-order chi connectivity index (χ0) is 25.6. The molecule has 0 aromatic heterocycles. The maximum Gasteiger partial charge on any atom is 1.00 e. The molecule has 0 saturated heterocycles. The second-order valence-electron chi connectivity index (χ2n) is 11.4. The SMILES string of the molecule is C.CCOC(=O)[C@H]1C[C@@H]1C1CC(OCc2ccccc2)C1.OC[C@H]1C[C@@H]1C1CC(OCc2ccccc2)C1.[AlH3].[H-].[Li+]. The van der Waals surface area contributed by atoms with Crippen LogP contribution in [0.3, 0.4) is 0 Å². The Balaban J connectivity index is 0.000000377. The number of benzene rings is 2. The Hall–Kier alpha value is -1.08. The molecule has 2 aromatic rings. The van der Waals surface area contributed by atoms with E-state index in [-0.39, 0.29) is 57.0 Å². The Morgan fingerprint density at radius 3 is 1.70 bits per heavy atom. The number of aliphatic hydroxyl groups excluding tert-OH is 1. The van der Waals surface area contributed by atoms with Gasteiger partial charge in [0.15, 0.2) is 17.4 Å². The van der Waals surface area contributed by atoms with Gasteiger partial charge in [0.2, 0.25) is 0 Å². The maximum absolute atomic E-state index is 11.6. The van der Waals surface area contributed by atoms with Crippen molar-refractivity contribution in [3.63, 3.8) is 0 Å². The van der Waals surface area contributed by atoms with Crippen molar-refractivity contribution in [2.75, 3.05) is 13.2 Å². The first-order valence-electron chi connectivity index (χ1n) is 14.2. The van der Waals surface area contributed by atoms with E-state index in [1.165, 1.54) is 30.4 Å². The van der Waals surface area contributed by atoms with E-state index in [0.717, 1.165) is 37.7 Å². The van der Waals surface area contributed by atoms with Crippen molar-refractivity contribution >= 4 is 23.3 Å². The predicted octanol–water partition coefficient (Wildman–Crippen LogP) is 2.36. The van der Waals surface area contributed by atoms with E-state index in [4.69, 9.17) is 19.3 Å². The van der Waals surface area contributed by atoms with E-state index < -0.39 is 0 Å². The van der Waals surface area contributed by atoms with Crippen LogP contribution in [-0.2, 0) is 32.2 Å². The summed E-state index contributed by atoms with van der Waals surface area (Å²) in [5.74, 6) is 3.65. The number of esters is 1. The molecule has 40 heavy (non-hydrogen) atoms. The predicted molar refractivity (Wildman–Crippen MR) is 160 cm³/mol. The number of hydrogen-bond acceptors (Lipinski definition) is 5. The molecule has 4 fully saturated rings. The van der Waals surface area contributed by atoms with E-state index in [0.29, 0.717) is 49.8 Å². The molecule has 4 atom stereocenters. The summed E-state index contributed by atoms with van der Waals surface area (Å²) in [6, 6.07) is 20.6. The summed E-state index contributed by atoms with van der Waals surface area (Å²) in [4.78, 5) is 11.6. The van der Waals surface area contributed by atoms with Crippen LogP contribution in [0.5, 0.6) is 0 Å². The van der Waals surface area contributed by atoms with Crippen LogP contribution in [0.4, 0.5) is 0 Å². The van der Waals surface area contributed by atoms with Crippen molar-refractivity contribution in [2.24, 2.45) is 35.5 Å². The van der Waals surface area contributed by atoms with Crippen molar-refractivity contribution in [3.8, 4) is 0 Å². The minimum atomic E-state index is 0. The molecule has 0 heterocycles. The third-order valence-corrected chi connectivity index (χ3v) is 8.77. The van der Waals surface area contributed by atoms with E-state index in [1.807, 2.05) is 31.2 Å². The molecule has 6 rings (SSSR count). The van der Waals surface area contributed by atoms with Gasteiger partial charge < -0.3 is 20.7 Å². The van der Waals surface area contributed by atoms with Crippen molar-refractivity contribution in [2.45, 2.75) is 78.3 Å². The van der Waals surface area contributed by atoms with Crippen LogP contribution in [0.15, 0.2) is 60.7 Å². The van der Waals surface area contributed by atoms with E-state index in [2.05, 4.69) is 36.4 Å². The van der Waals surface area contributed by atoms with Gasteiger partial charge in [0.05, 0.1) is 37.9 Å². The van der Waals surface area contributed by atoms with Gasteiger partial charge in [-0.25, -0.2) is 0 Å². The Morgan fingerprint density at radius 1 is 0.800 bits per heavy atom. The summed E-state index contributed by atoms with van der Waals surface area (Å²) >= 11 is 0. The summed E-state index contributed by atoms with van der Waals surface area (Å²) in [7, 11) is 0. The molecule has 0 aliphatic heterocycles. The van der Waals surface area contributed by atoms with Crippen LogP contribution in [-0.4, -0.2) is 53.9 Å². The van der Waals surface area contributed by atoms with E-state index in [9.17, 15) is 4.79 Å². The minimum Gasteiger partial charge on any atom is -1.00 e. The normalized spacial score (nSPS) is 30.8. The molecular formula is C33H50AlLiO5. The molecule has 2 aromatic carbocycles. The molecular weight excluding hydrogens is 510 g/mol. The fraction of sp³-hybridized carbons (Fsp3) is 0.606. The molecule has 0 radical (unpaired) electrons. The van der Waals surface area contributed by atoms with Crippen LogP contribution in [0.25, 0.3) is 0 Å². The largest absolute Gasteiger partial charge is 1.00 e. The molecule has 1 N–H and O–H groups in total. The first-order valence-corrected chi connectivity index (χ1v) is 14.2. The second-order valence-corrected chi connectivity index (χ2v) is 11.4. The van der Waals surface area contributed by atoms with Crippen LogP contribution in [0.1, 0.15) is 65.4 Å². The Morgan fingerprint density at radius 2 is 1.27 bits per heavy atom. The van der Waals surface area contributed by atoms with Gasteiger partial charge in [-0.3, -0.25) is 4.79 Å². The summed E-state index contributed by atoms with van der Waals surface area (Å²) in [5.41, 5.74) is 2.49. The van der Waals surface area contributed by atoms with Crippen LogP contribution < -0.4 is 18.9 Å². The molecule has 5 nitrogen and oxygen atoms in total. The topological polar surface area (TPSA) is 65.0 Å². The molecule has 7 heteroatoms. The van der Waals surface area contributed by atoms with Crippen molar-refractivity contribution < 1.29 is 44.4 Å². The molecule has 0 unspecified atom stereocenters. The van der Waals surface area contributed by atoms with Crippen LogP contribution in [0, 0.1) is 35.5 Å². The Bertz CT molecular complexity index is 988. The average Bonchev–Trinajstić information content (AvgIpc) is 3.80. The maximum atomic E-state index is 11.6. The summed E-state index contributed by atoms with van der Waals surface area (Å²) < 4.78 is 16.9. The molecule has 4 aliphatic rings. The number of carbonyl (C=O) groups excluding carboxylic acids is 1. The minimum absolute atomic E-state index is 0. The third kappa shape index (κ3) is 9.74. The van der Waals surface area contributed by atoms with Gasteiger partial charge in [-0.2, -0.15) is 0 Å². The zero-order valence-corrected chi connectivity index (χ0v) is 23.0. The molecule has 216 valence electrons. The number of carbonyl (C=O) groups is 1. The van der Waals surface area contributed by atoms with Crippen LogP contribution in [0.2, 0.25) is 0 Å². The van der Waals surface area contributed by atoms with Gasteiger partial charge in [0, 0.05) is 6.61 Å². The van der Waals surface area contributed by atoms with Gasteiger partial charge in [0.1, 0.15) is 0 Å². The smallest absolute Gasteiger partial charge is 1.00 e. The number of hydrogen-bond donors (Lipinski definition) is 1. The van der Waals surface area contributed by atoms with Gasteiger partial charge >= 0.3 is 24.8 Å². The van der Waals surface area contributed by atoms with Crippen molar-refractivity contribution in [1.82, 2.24) is 0 Å². The summed E-state index contributed by atoms with van der Waals surface area (Å²) in [6.07, 6.45) is 7.72. The van der Waals surface area contributed by atoms with Gasteiger partial charge in [-0.05, 0) is 86.2 Å². The zero-order valence-electron chi connectivity index (χ0n) is 24.0. The molecule has 4 aliphatic carbocycles. The fourth-order valence-electron chi connectivity index (χ4n) is 6.07. The monoisotopic (exact) mass is 560 g/mol. The molecule has 0 amide bonds. The van der Waals surface area contributed by atoms with E-state index >= 15 is 0 Å². The third-order valence-electron chi connectivity index (χ3n) is 8.77. The fourth-order valence-corrected chi connectivity index (χ4v) is 6.07. The average molecular weight is 561 g/mol. The van der Waals surface area contributed by atoms with Gasteiger partial charge in [0.25, 0.3) is 0 Å². The van der Waals surface area contributed by atoms with E-state index in [1.54, 1.807) is 0 Å². The molecule has 0 spiro atoms. The molecule has 0 bridgehead atoms. The summed E-state index contributed by atoms with van der Waals surface area (Å²) in [5, 5.41) is 9.03. The first kappa shape index (κ1) is 35.1. The number of rotatable bonds is 11. The van der Waals surface area contributed by atoms with Gasteiger partial charge in [-0.15, -0.1) is 0 Å². The van der Waals surface area contributed by atoms with Crippen LogP contribution >= 0.6 is 0 Å². The Kier molecular flexibility index (Phi) is 15.0. The van der Waals surface area contributed by atoms with Crippen molar-refractivity contribution in [3.05, 3.63) is 71.8 Å².